The molecule has 2 nitrogen and oxygen atoms in total. The molecule has 0 N–H and O–H groups in total. The average molecular weight is 269 g/mol. The van der Waals surface area contributed by atoms with E-state index >= 15 is 0 Å². The summed E-state index contributed by atoms with van der Waals surface area (Å²) in [6.07, 6.45) is 4.32. The molecule has 100 valence electrons. The van der Waals surface area contributed by atoms with Gasteiger partial charge in [0.05, 0.1) is 18.1 Å². The van der Waals surface area contributed by atoms with E-state index in [4.69, 9.17) is 21.1 Å². The molecule has 18 heavy (non-hydrogen) atoms. The first-order valence-corrected chi connectivity index (χ1v) is 7.20. The molecule has 0 amide bonds. The second kappa shape index (κ2) is 7.13. The molecule has 1 aromatic carbocycles. The van der Waals surface area contributed by atoms with Crippen molar-refractivity contribution in [2.24, 2.45) is 0 Å². The summed E-state index contributed by atoms with van der Waals surface area (Å²) in [5, 5.41) is 0. The SMILES string of the molecule is ClCC1(CCOCc2ccccc2)CCCCO1. The Labute approximate surface area is 114 Å². The van der Waals surface area contributed by atoms with Crippen molar-refractivity contribution in [3.8, 4) is 0 Å². The summed E-state index contributed by atoms with van der Waals surface area (Å²) >= 11 is 6.05. The molecule has 0 saturated carbocycles. The van der Waals surface area contributed by atoms with Gasteiger partial charge in [0.25, 0.3) is 0 Å². The predicted octanol–water partition coefficient (Wildman–Crippen LogP) is 3.77. The molecule has 1 aromatic rings. The molecular weight excluding hydrogens is 248 g/mol. The van der Waals surface area contributed by atoms with E-state index < -0.39 is 0 Å². The maximum absolute atomic E-state index is 6.05. The number of rotatable bonds is 6. The third-order valence-corrected chi connectivity index (χ3v) is 3.98. The van der Waals surface area contributed by atoms with Crippen molar-refractivity contribution in [1.29, 1.82) is 0 Å². The van der Waals surface area contributed by atoms with Gasteiger partial charge >= 0.3 is 0 Å². The lowest BCUT2D eigenvalue weighted by Crippen LogP contribution is -2.39. The highest BCUT2D eigenvalue weighted by Gasteiger charge is 2.31. The first kappa shape index (κ1) is 13.9. The first-order chi connectivity index (χ1) is 8.85. The van der Waals surface area contributed by atoms with Crippen LogP contribution in [-0.4, -0.2) is 24.7 Å². The van der Waals surface area contributed by atoms with Crippen LogP contribution in [0.4, 0.5) is 0 Å². The van der Waals surface area contributed by atoms with Crippen LogP contribution in [0.25, 0.3) is 0 Å². The van der Waals surface area contributed by atoms with E-state index in [9.17, 15) is 0 Å². The molecule has 0 aromatic heterocycles. The molecule has 1 atom stereocenters. The molecule has 3 heteroatoms. The zero-order valence-electron chi connectivity index (χ0n) is 10.7. The van der Waals surface area contributed by atoms with Crippen LogP contribution in [0, 0.1) is 0 Å². The van der Waals surface area contributed by atoms with Gasteiger partial charge in [-0.25, -0.2) is 0 Å². The Bertz CT molecular complexity index is 334. The van der Waals surface area contributed by atoms with Gasteiger partial charge in [-0.2, -0.15) is 0 Å². The van der Waals surface area contributed by atoms with Crippen molar-refractivity contribution in [2.75, 3.05) is 19.1 Å². The molecule has 1 fully saturated rings. The van der Waals surface area contributed by atoms with Crippen molar-refractivity contribution in [3.63, 3.8) is 0 Å². The second-order valence-corrected chi connectivity index (χ2v) is 5.18. The molecule has 0 aliphatic carbocycles. The summed E-state index contributed by atoms with van der Waals surface area (Å²) in [6.45, 7) is 2.21. The Morgan fingerprint density at radius 3 is 2.72 bits per heavy atom. The van der Waals surface area contributed by atoms with Crippen molar-refractivity contribution in [1.82, 2.24) is 0 Å². The van der Waals surface area contributed by atoms with E-state index in [1.807, 2.05) is 18.2 Å². The van der Waals surface area contributed by atoms with Crippen molar-refractivity contribution in [3.05, 3.63) is 35.9 Å². The highest BCUT2D eigenvalue weighted by molar-refractivity contribution is 6.18. The van der Waals surface area contributed by atoms with Gasteiger partial charge in [0.2, 0.25) is 0 Å². The summed E-state index contributed by atoms with van der Waals surface area (Å²) in [4.78, 5) is 0. The third-order valence-electron chi connectivity index (χ3n) is 3.49. The lowest BCUT2D eigenvalue weighted by Gasteiger charge is -2.35. The molecule has 1 unspecified atom stereocenters. The van der Waals surface area contributed by atoms with Crippen LogP contribution in [0.1, 0.15) is 31.2 Å². The van der Waals surface area contributed by atoms with Crippen LogP contribution < -0.4 is 0 Å². The summed E-state index contributed by atoms with van der Waals surface area (Å²) < 4.78 is 11.6. The molecule has 1 aliphatic heterocycles. The number of benzene rings is 1. The maximum Gasteiger partial charge on any atom is 0.0839 e. The summed E-state index contributed by atoms with van der Waals surface area (Å²) in [5.41, 5.74) is 1.07. The Morgan fingerprint density at radius 2 is 2.06 bits per heavy atom. The molecule has 0 bridgehead atoms. The zero-order chi connectivity index (χ0) is 12.7. The zero-order valence-corrected chi connectivity index (χ0v) is 11.5. The number of hydrogen-bond donors (Lipinski definition) is 0. The van der Waals surface area contributed by atoms with Crippen LogP contribution in [-0.2, 0) is 16.1 Å². The molecular formula is C15H21ClO2. The van der Waals surface area contributed by atoms with E-state index in [1.165, 1.54) is 12.0 Å². The third kappa shape index (κ3) is 3.98. The van der Waals surface area contributed by atoms with Gasteiger partial charge in [-0.15, -0.1) is 11.6 Å². The Hall–Kier alpha value is -0.570. The number of ether oxygens (including phenoxy) is 2. The summed E-state index contributed by atoms with van der Waals surface area (Å²) in [7, 11) is 0. The van der Waals surface area contributed by atoms with Gasteiger partial charge in [0, 0.05) is 19.6 Å². The summed E-state index contributed by atoms with van der Waals surface area (Å²) in [5.74, 6) is 0.571. The van der Waals surface area contributed by atoms with E-state index in [1.54, 1.807) is 0 Å². The normalized spacial score (nSPS) is 24.1. The van der Waals surface area contributed by atoms with Gasteiger partial charge in [0.15, 0.2) is 0 Å². The summed E-state index contributed by atoms with van der Waals surface area (Å²) in [6, 6.07) is 10.2. The molecule has 0 radical (unpaired) electrons. The minimum atomic E-state index is -0.142. The van der Waals surface area contributed by atoms with Crippen LogP contribution >= 0.6 is 11.6 Å². The molecule has 0 spiro atoms. The number of hydrogen-bond acceptors (Lipinski definition) is 2. The van der Waals surface area contributed by atoms with Crippen molar-refractivity contribution >= 4 is 11.6 Å². The van der Waals surface area contributed by atoms with Gasteiger partial charge < -0.3 is 9.47 Å². The molecule has 1 aliphatic rings. The lowest BCUT2D eigenvalue weighted by molar-refractivity contribution is -0.0809. The molecule has 1 saturated heterocycles. The van der Waals surface area contributed by atoms with Crippen molar-refractivity contribution in [2.45, 2.75) is 37.9 Å². The van der Waals surface area contributed by atoms with Crippen LogP contribution in [0.3, 0.4) is 0 Å². The van der Waals surface area contributed by atoms with Gasteiger partial charge in [-0.3, -0.25) is 0 Å². The smallest absolute Gasteiger partial charge is 0.0839 e. The Morgan fingerprint density at radius 1 is 1.22 bits per heavy atom. The minimum Gasteiger partial charge on any atom is -0.377 e. The van der Waals surface area contributed by atoms with E-state index in [2.05, 4.69) is 12.1 Å². The minimum absolute atomic E-state index is 0.142. The monoisotopic (exact) mass is 268 g/mol. The quantitative estimate of drug-likeness (QED) is 0.578. The predicted molar refractivity (Wildman–Crippen MR) is 74.0 cm³/mol. The van der Waals surface area contributed by atoms with E-state index in [0.717, 1.165) is 25.9 Å². The standard InChI is InChI=1S/C15H21ClO2/c16-13-15(8-4-5-10-18-15)9-11-17-12-14-6-2-1-3-7-14/h1-3,6-7H,4-5,8-13H2. The maximum atomic E-state index is 6.05. The van der Waals surface area contributed by atoms with Crippen LogP contribution in [0.2, 0.25) is 0 Å². The molecule has 2 rings (SSSR count). The van der Waals surface area contributed by atoms with Crippen LogP contribution in [0.15, 0.2) is 30.3 Å². The Kier molecular flexibility index (Phi) is 5.48. The van der Waals surface area contributed by atoms with Crippen molar-refractivity contribution < 1.29 is 9.47 Å². The lowest BCUT2D eigenvalue weighted by atomic mass is 9.93. The van der Waals surface area contributed by atoms with E-state index in [0.29, 0.717) is 19.1 Å². The van der Waals surface area contributed by atoms with Gasteiger partial charge in [0.1, 0.15) is 0 Å². The van der Waals surface area contributed by atoms with E-state index in [-0.39, 0.29) is 5.60 Å². The molecule has 1 heterocycles. The fourth-order valence-corrected chi connectivity index (χ4v) is 2.65. The van der Waals surface area contributed by atoms with Gasteiger partial charge in [-0.1, -0.05) is 30.3 Å². The van der Waals surface area contributed by atoms with Crippen LogP contribution in [0.5, 0.6) is 0 Å². The highest BCUT2D eigenvalue weighted by Crippen LogP contribution is 2.29. The number of halogens is 1. The highest BCUT2D eigenvalue weighted by atomic mass is 35.5. The average Bonchev–Trinajstić information content (AvgIpc) is 2.46. The Balaban J connectivity index is 1.71. The topological polar surface area (TPSA) is 18.5 Å². The second-order valence-electron chi connectivity index (χ2n) is 4.91. The van der Waals surface area contributed by atoms with Gasteiger partial charge in [-0.05, 0) is 24.8 Å². The number of alkyl halides is 1. The fourth-order valence-electron chi connectivity index (χ4n) is 2.30. The largest absolute Gasteiger partial charge is 0.377 e. The first-order valence-electron chi connectivity index (χ1n) is 6.66. The fraction of sp³-hybridized carbons (Fsp3) is 0.600.